The maximum atomic E-state index is 10.8. The summed E-state index contributed by atoms with van der Waals surface area (Å²) in [5.41, 5.74) is 0. The Bertz CT molecular complexity index is 318. The molecule has 0 aromatic heterocycles. The second-order valence-corrected chi connectivity index (χ2v) is 4.64. The molecule has 1 aliphatic heterocycles. The number of piperidine rings is 1. The van der Waals surface area contributed by atoms with Gasteiger partial charge < -0.3 is 20.6 Å². The molecule has 18 heavy (non-hydrogen) atoms. The Morgan fingerprint density at radius 2 is 1.22 bits per heavy atom. The molecular weight excluding hydrogens is 242 g/mol. The van der Waals surface area contributed by atoms with Crippen LogP contribution < -0.4 is 5.32 Å². The number of aliphatic carboxylic acids is 3. The van der Waals surface area contributed by atoms with E-state index in [0.717, 1.165) is 0 Å². The predicted octanol–water partition coefficient (Wildman–Crippen LogP) is -0.138. The van der Waals surface area contributed by atoms with Gasteiger partial charge in [0, 0.05) is 19.3 Å². The molecule has 1 fully saturated rings. The molecule has 102 valence electrons. The second kappa shape index (κ2) is 6.34. The Balaban J connectivity index is 2.78. The minimum absolute atomic E-state index is 0.138. The quantitative estimate of drug-likeness (QED) is 0.523. The number of nitrogens with one attached hydrogen (secondary N) is 1. The van der Waals surface area contributed by atoms with Gasteiger partial charge in [-0.3, -0.25) is 14.4 Å². The largest absolute Gasteiger partial charge is 0.481 e. The maximum absolute atomic E-state index is 10.8. The lowest BCUT2D eigenvalue weighted by Gasteiger charge is -2.36. The molecule has 1 aliphatic rings. The lowest BCUT2D eigenvalue weighted by molar-refractivity contribution is -0.145. The lowest BCUT2D eigenvalue weighted by Crippen LogP contribution is -2.45. The molecular formula is C11H17NO6. The van der Waals surface area contributed by atoms with Crippen LogP contribution in [0.15, 0.2) is 0 Å². The van der Waals surface area contributed by atoms with E-state index in [9.17, 15) is 14.4 Å². The van der Waals surface area contributed by atoms with E-state index in [4.69, 9.17) is 15.3 Å². The van der Waals surface area contributed by atoms with Gasteiger partial charge in [-0.25, -0.2) is 0 Å². The Hall–Kier alpha value is -1.63. The molecule has 0 amide bonds. The molecule has 4 N–H and O–H groups in total. The number of hydrogen-bond donors (Lipinski definition) is 4. The second-order valence-electron chi connectivity index (χ2n) is 4.64. The highest BCUT2D eigenvalue weighted by Gasteiger charge is 2.36. The first-order valence-corrected chi connectivity index (χ1v) is 5.76. The molecule has 1 rings (SSSR count). The van der Waals surface area contributed by atoms with Crippen molar-refractivity contribution in [1.82, 2.24) is 5.32 Å². The molecule has 7 heteroatoms. The molecule has 0 radical (unpaired) electrons. The molecule has 7 nitrogen and oxygen atoms in total. The summed E-state index contributed by atoms with van der Waals surface area (Å²) >= 11 is 0. The zero-order valence-corrected chi connectivity index (χ0v) is 9.83. The van der Waals surface area contributed by atoms with Crippen LogP contribution in [0.5, 0.6) is 0 Å². The number of rotatable bonds is 6. The normalized spacial score (nSPS) is 27.7. The summed E-state index contributed by atoms with van der Waals surface area (Å²) in [4.78, 5) is 32.3. The number of carboxylic acid groups (broad SMARTS) is 3. The minimum Gasteiger partial charge on any atom is -0.481 e. The average Bonchev–Trinajstić information content (AvgIpc) is 2.20. The van der Waals surface area contributed by atoms with Gasteiger partial charge in [0.1, 0.15) is 0 Å². The Kier molecular flexibility index (Phi) is 5.08. The third-order valence-electron chi connectivity index (χ3n) is 3.31. The summed E-state index contributed by atoms with van der Waals surface area (Å²) in [5, 5.41) is 29.4. The third kappa shape index (κ3) is 4.33. The first kappa shape index (κ1) is 14.4. The molecule has 2 atom stereocenters. The monoisotopic (exact) mass is 259 g/mol. The van der Waals surface area contributed by atoms with Gasteiger partial charge in [-0.15, -0.1) is 0 Å². The summed E-state index contributed by atoms with van der Waals surface area (Å²) in [6.45, 7) is 0.834. The third-order valence-corrected chi connectivity index (χ3v) is 3.31. The van der Waals surface area contributed by atoms with Gasteiger partial charge in [0.25, 0.3) is 0 Å². The Labute approximate surface area is 104 Å². The molecule has 0 saturated carbocycles. The van der Waals surface area contributed by atoms with Gasteiger partial charge >= 0.3 is 17.9 Å². The smallest absolute Gasteiger partial charge is 0.303 e. The van der Waals surface area contributed by atoms with E-state index < -0.39 is 23.8 Å². The van der Waals surface area contributed by atoms with E-state index in [1.54, 1.807) is 0 Å². The molecule has 1 saturated heterocycles. The van der Waals surface area contributed by atoms with Gasteiger partial charge in [0.05, 0.1) is 0 Å². The fourth-order valence-corrected chi connectivity index (χ4v) is 2.57. The van der Waals surface area contributed by atoms with Crippen molar-refractivity contribution < 1.29 is 29.7 Å². The van der Waals surface area contributed by atoms with E-state index in [1.807, 2.05) is 0 Å². The van der Waals surface area contributed by atoms with Crippen LogP contribution in [-0.4, -0.2) is 46.3 Å². The first-order chi connectivity index (χ1) is 8.40. The fraction of sp³-hybridized carbons (Fsp3) is 0.727. The van der Waals surface area contributed by atoms with Crippen LogP contribution in [0.4, 0.5) is 0 Å². The van der Waals surface area contributed by atoms with Crippen molar-refractivity contribution in [3.05, 3.63) is 0 Å². The van der Waals surface area contributed by atoms with Gasteiger partial charge in [0.15, 0.2) is 0 Å². The van der Waals surface area contributed by atoms with Gasteiger partial charge in [0.2, 0.25) is 0 Å². The molecule has 0 bridgehead atoms. The van der Waals surface area contributed by atoms with E-state index >= 15 is 0 Å². The van der Waals surface area contributed by atoms with Crippen molar-refractivity contribution in [2.75, 3.05) is 13.1 Å². The summed E-state index contributed by atoms with van der Waals surface area (Å²) in [6.07, 6.45) is -0.459. The number of carbonyl (C=O) groups is 3. The van der Waals surface area contributed by atoms with Gasteiger partial charge in [-0.05, 0) is 30.8 Å². The van der Waals surface area contributed by atoms with Crippen LogP contribution in [0, 0.1) is 17.8 Å². The van der Waals surface area contributed by atoms with Gasteiger partial charge in [-0.1, -0.05) is 0 Å². The molecule has 0 spiro atoms. The van der Waals surface area contributed by atoms with Crippen molar-refractivity contribution in [2.24, 2.45) is 17.8 Å². The van der Waals surface area contributed by atoms with Crippen molar-refractivity contribution in [1.29, 1.82) is 0 Å². The van der Waals surface area contributed by atoms with Crippen LogP contribution >= 0.6 is 0 Å². The summed E-state index contributed by atoms with van der Waals surface area (Å²) in [7, 11) is 0. The van der Waals surface area contributed by atoms with Crippen LogP contribution in [0.25, 0.3) is 0 Å². The number of carboxylic acids is 3. The van der Waals surface area contributed by atoms with Crippen molar-refractivity contribution in [2.45, 2.75) is 19.3 Å². The maximum Gasteiger partial charge on any atom is 0.303 e. The summed E-state index contributed by atoms with van der Waals surface area (Å²) in [6, 6.07) is 0. The summed E-state index contributed by atoms with van der Waals surface area (Å²) in [5.74, 6) is -4.08. The average molecular weight is 259 g/mol. The lowest BCUT2D eigenvalue weighted by atomic mass is 9.74. The molecule has 0 aromatic rings. The number of hydrogen-bond acceptors (Lipinski definition) is 4. The van der Waals surface area contributed by atoms with Crippen molar-refractivity contribution >= 4 is 17.9 Å². The van der Waals surface area contributed by atoms with E-state index in [0.29, 0.717) is 13.1 Å². The Morgan fingerprint density at radius 3 is 1.56 bits per heavy atom. The highest BCUT2D eigenvalue weighted by molar-refractivity contribution is 5.70. The summed E-state index contributed by atoms with van der Waals surface area (Å²) < 4.78 is 0. The topological polar surface area (TPSA) is 124 Å². The highest BCUT2D eigenvalue weighted by Crippen LogP contribution is 2.32. The SMILES string of the molecule is O=C(O)CC1CNCC(CC(=O)O)C1CC(=O)O. The van der Waals surface area contributed by atoms with Crippen LogP contribution in [0.1, 0.15) is 19.3 Å². The van der Waals surface area contributed by atoms with E-state index in [-0.39, 0.29) is 31.1 Å². The van der Waals surface area contributed by atoms with Gasteiger partial charge in [-0.2, -0.15) is 0 Å². The Morgan fingerprint density at radius 1 is 0.833 bits per heavy atom. The van der Waals surface area contributed by atoms with Crippen LogP contribution in [-0.2, 0) is 14.4 Å². The van der Waals surface area contributed by atoms with Crippen molar-refractivity contribution in [3.63, 3.8) is 0 Å². The fourth-order valence-electron chi connectivity index (χ4n) is 2.57. The van der Waals surface area contributed by atoms with Crippen LogP contribution in [0.3, 0.4) is 0 Å². The zero-order chi connectivity index (χ0) is 13.7. The molecule has 2 unspecified atom stereocenters. The minimum atomic E-state index is -1.02. The molecule has 1 heterocycles. The van der Waals surface area contributed by atoms with E-state index in [2.05, 4.69) is 5.32 Å². The molecule has 0 aromatic carbocycles. The standard InChI is InChI=1S/C11H17NO6/c13-9(14)1-6-4-12-5-7(2-10(15)16)8(6)3-11(17)18/h6-8,12H,1-5H2,(H,13,14)(H,15,16)(H,17,18). The zero-order valence-electron chi connectivity index (χ0n) is 9.83. The highest BCUT2D eigenvalue weighted by atomic mass is 16.4. The van der Waals surface area contributed by atoms with E-state index in [1.165, 1.54) is 0 Å². The predicted molar refractivity (Wildman–Crippen MR) is 60.1 cm³/mol. The molecule has 0 aliphatic carbocycles. The van der Waals surface area contributed by atoms with Crippen molar-refractivity contribution in [3.8, 4) is 0 Å². The van der Waals surface area contributed by atoms with Crippen LogP contribution in [0.2, 0.25) is 0 Å². The first-order valence-electron chi connectivity index (χ1n) is 5.76.